The van der Waals surface area contributed by atoms with Crippen LogP contribution in [0.15, 0.2) is 73.1 Å². The number of aromatic nitrogens is 2. The van der Waals surface area contributed by atoms with Crippen molar-refractivity contribution < 1.29 is 4.79 Å². The molecule has 0 radical (unpaired) electrons. The first-order chi connectivity index (χ1) is 13.3. The van der Waals surface area contributed by atoms with Crippen LogP contribution in [0.4, 0.5) is 0 Å². The van der Waals surface area contributed by atoms with Crippen molar-refractivity contribution in [3.8, 4) is 11.4 Å². The van der Waals surface area contributed by atoms with E-state index in [-0.39, 0.29) is 11.9 Å². The third-order valence-corrected chi connectivity index (χ3v) is 4.69. The van der Waals surface area contributed by atoms with Gasteiger partial charge in [0.2, 0.25) is 5.91 Å². The Morgan fingerprint density at radius 3 is 2.56 bits per heavy atom. The van der Waals surface area contributed by atoms with Gasteiger partial charge in [0, 0.05) is 37.1 Å². The maximum atomic E-state index is 12.2. The van der Waals surface area contributed by atoms with E-state index in [1.165, 1.54) is 5.56 Å². The molecule has 2 heterocycles. The minimum absolute atomic E-state index is 0.0877. The van der Waals surface area contributed by atoms with Crippen molar-refractivity contribution in [3.05, 3.63) is 84.2 Å². The van der Waals surface area contributed by atoms with Gasteiger partial charge in [-0.3, -0.25) is 9.69 Å². The maximum absolute atomic E-state index is 12.2. The van der Waals surface area contributed by atoms with Gasteiger partial charge in [0.1, 0.15) is 0 Å². The van der Waals surface area contributed by atoms with Gasteiger partial charge in [-0.2, -0.15) is 0 Å². The Hall–Kier alpha value is -3.05. The third-order valence-electron chi connectivity index (χ3n) is 4.69. The number of carbonyl (C=O) groups is 1. The van der Waals surface area contributed by atoms with Gasteiger partial charge in [0.05, 0.1) is 6.54 Å². The van der Waals surface area contributed by atoms with E-state index >= 15 is 0 Å². The molecule has 5 nitrogen and oxygen atoms in total. The number of hydrogen-bond donors (Lipinski definition) is 1. The fraction of sp³-hybridized carbons (Fsp3) is 0.227. The first-order valence-electron chi connectivity index (χ1n) is 9.18. The third kappa shape index (κ3) is 4.57. The second-order valence-corrected chi connectivity index (χ2v) is 6.90. The van der Waals surface area contributed by atoms with Gasteiger partial charge in [-0.25, -0.2) is 9.97 Å². The van der Waals surface area contributed by atoms with Crippen molar-refractivity contribution in [2.45, 2.75) is 19.0 Å². The number of benzene rings is 2. The van der Waals surface area contributed by atoms with Crippen LogP contribution in [0, 0.1) is 0 Å². The van der Waals surface area contributed by atoms with Crippen molar-refractivity contribution >= 4 is 5.91 Å². The second kappa shape index (κ2) is 8.10. The van der Waals surface area contributed by atoms with E-state index in [1.807, 2.05) is 36.4 Å². The van der Waals surface area contributed by atoms with Gasteiger partial charge in [-0.05, 0) is 29.7 Å². The highest BCUT2D eigenvalue weighted by Gasteiger charge is 2.24. The summed E-state index contributed by atoms with van der Waals surface area (Å²) in [6, 6.07) is 20.5. The molecular formula is C22H22N4O. The van der Waals surface area contributed by atoms with Crippen LogP contribution in [-0.4, -0.2) is 39.9 Å². The number of rotatable bonds is 5. The lowest BCUT2D eigenvalue weighted by Gasteiger charge is -2.33. The summed E-state index contributed by atoms with van der Waals surface area (Å²) in [5.41, 5.74) is 3.40. The summed E-state index contributed by atoms with van der Waals surface area (Å²) in [7, 11) is 0. The number of piperazine rings is 1. The van der Waals surface area contributed by atoms with Crippen LogP contribution in [0.5, 0.6) is 0 Å². The van der Waals surface area contributed by atoms with Crippen LogP contribution >= 0.6 is 0 Å². The molecule has 0 aliphatic carbocycles. The van der Waals surface area contributed by atoms with E-state index in [0.717, 1.165) is 36.5 Å². The Bertz CT molecular complexity index is 898. The van der Waals surface area contributed by atoms with Crippen LogP contribution in [0.3, 0.4) is 0 Å². The zero-order valence-corrected chi connectivity index (χ0v) is 15.1. The number of amides is 1. The Labute approximate surface area is 159 Å². The molecule has 0 saturated carbocycles. The quantitative estimate of drug-likeness (QED) is 0.762. The fourth-order valence-corrected chi connectivity index (χ4v) is 3.55. The molecule has 0 spiro atoms. The number of hydrogen-bond acceptors (Lipinski definition) is 4. The molecule has 1 aliphatic heterocycles. The minimum Gasteiger partial charge on any atom is -0.351 e. The van der Waals surface area contributed by atoms with E-state index < -0.39 is 0 Å². The lowest BCUT2D eigenvalue weighted by molar-refractivity contribution is -0.125. The minimum atomic E-state index is 0.0877. The van der Waals surface area contributed by atoms with Crippen molar-refractivity contribution in [1.29, 1.82) is 0 Å². The molecule has 1 N–H and O–H groups in total. The molecule has 1 aliphatic rings. The van der Waals surface area contributed by atoms with Gasteiger partial charge in [0.25, 0.3) is 0 Å². The first-order valence-corrected chi connectivity index (χ1v) is 9.18. The summed E-state index contributed by atoms with van der Waals surface area (Å²) in [5.74, 6) is 0.808. The van der Waals surface area contributed by atoms with Gasteiger partial charge < -0.3 is 5.32 Å². The summed E-state index contributed by atoms with van der Waals surface area (Å²) in [6.45, 7) is 2.00. The van der Waals surface area contributed by atoms with Crippen molar-refractivity contribution in [3.63, 3.8) is 0 Å². The molecule has 0 bridgehead atoms. The van der Waals surface area contributed by atoms with E-state index in [0.29, 0.717) is 6.54 Å². The molecule has 3 aromatic rings. The molecular weight excluding hydrogens is 336 g/mol. The Kier molecular flexibility index (Phi) is 5.21. The Balaban J connectivity index is 1.45. The molecule has 2 aromatic carbocycles. The number of nitrogens with zero attached hydrogens (tertiary/aromatic N) is 3. The molecule has 5 heteroatoms. The SMILES string of the molecule is O=C1CN(Cc2cccc(-c3ncccn3)c2)C[C@H](Cc2ccccc2)N1. The summed E-state index contributed by atoms with van der Waals surface area (Å²) >= 11 is 0. The summed E-state index contributed by atoms with van der Waals surface area (Å²) in [5, 5.41) is 3.12. The molecule has 0 unspecified atom stereocenters. The summed E-state index contributed by atoms with van der Waals surface area (Å²) in [6.07, 6.45) is 4.34. The molecule has 1 atom stereocenters. The van der Waals surface area contributed by atoms with Crippen LogP contribution in [-0.2, 0) is 17.8 Å². The molecule has 27 heavy (non-hydrogen) atoms. The molecule has 1 fully saturated rings. The van der Waals surface area contributed by atoms with Gasteiger partial charge in [-0.1, -0.05) is 48.5 Å². The Morgan fingerprint density at radius 1 is 0.963 bits per heavy atom. The highest BCUT2D eigenvalue weighted by atomic mass is 16.2. The average molecular weight is 358 g/mol. The highest BCUT2D eigenvalue weighted by Crippen LogP contribution is 2.18. The molecule has 1 saturated heterocycles. The monoisotopic (exact) mass is 358 g/mol. The lowest BCUT2D eigenvalue weighted by Crippen LogP contribution is -2.54. The van der Waals surface area contributed by atoms with E-state index in [9.17, 15) is 4.79 Å². The molecule has 136 valence electrons. The second-order valence-electron chi connectivity index (χ2n) is 6.90. The zero-order chi connectivity index (χ0) is 18.5. The Morgan fingerprint density at radius 2 is 1.74 bits per heavy atom. The highest BCUT2D eigenvalue weighted by molar-refractivity contribution is 5.79. The number of carbonyl (C=O) groups excluding carboxylic acids is 1. The van der Waals surface area contributed by atoms with Crippen LogP contribution < -0.4 is 5.32 Å². The van der Waals surface area contributed by atoms with Crippen molar-refractivity contribution in [2.24, 2.45) is 0 Å². The van der Waals surface area contributed by atoms with Gasteiger partial charge in [0.15, 0.2) is 5.82 Å². The van der Waals surface area contributed by atoms with Crippen molar-refractivity contribution in [1.82, 2.24) is 20.2 Å². The number of nitrogens with one attached hydrogen (secondary N) is 1. The van der Waals surface area contributed by atoms with E-state index in [1.54, 1.807) is 12.4 Å². The summed E-state index contributed by atoms with van der Waals surface area (Å²) in [4.78, 5) is 23.0. The smallest absolute Gasteiger partial charge is 0.234 e. The largest absolute Gasteiger partial charge is 0.351 e. The van der Waals surface area contributed by atoms with Crippen LogP contribution in [0.2, 0.25) is 0 Å². The fourth-order valence-electron chi connectivity index (χ4n) is 3.55. The van der Waals surface area contributed by atoms with Gasteiger partial charge >= 0.3 is 0 Å². The van der Waals surface area contributed by atoms with Crippen LogP contribution in [0.25, 0.3) is 11.4 Å². The molecule has 4 rings (SSSR count). The van der Waals surface area contributed by atoms with E-state index in [2.05, 4.69) is 44.5 Å². The average Bonchev–Trinajstić information content (AvgIpc) is 2.69. The standard InChI is InChI=1S/C22H22N4O/c27-21-16-26(15-20(25-21)13-17-6-2-1-3-7-17)14-18-8-4-9-19(12-18)22-23-10-5-11-24-22/h1-12,20H,13-16H2,(H,25,27)/t20-/m0/s1. The topological polar surface area (TPSA) is 58.1 Å². The van der Waals surface area contributed by atoms with E-state index in [4.69, 9.17) is 0 Å². The first kappa shape index (κ1) is 17.4. The predicted octanol–water partition coefficient (Wildman–Crippen LogP) is 2.69. The van der Waals surface area contributed by atoms with Crippen LogP contribution in [0.1, 0.15) is 11.1 Å². The molecule has 1 amide bonds. The van der Waals surface area contributed by atoms with Crippen molar-refractivity contribution in [2.75, 3.05) is 13.1 Å². The zero-order valence-electron chi connectivity index (χ0n) is 15.1. The predicted molar refractivity (Wildman–Crippen MR) is 105 cm³/mol. The molecule has 1 aromatic heterocycles. The maximum Gasteiger partial charge on any atom is 0.234 e. The normalized spacial score (nSPS) is 17.5. The van der Waals surface area contributed by atoms with Gasteiger partial charge in [-0.15, -0.1) is 0 Å². The summed E-state index contributed by atoms with van der Waals surface area (Å²) < 4.78 is 0. The lowest BCUT2D eigenvalue weighted by atomic mass is 10.0.